The van der Waals surface area contributed by atoms with Gasteiger partial charge < -0.3 is 9.88 Å². The van der Waals surface area contributed by atoms with Gasteiger partial charge in [0.1, 0.15) is 0 Å². The smallest absolute Gasteiger partial charge is 0.356 e. The summed E-state index contributed by atoms with van der Waals surface area (Å²) >= 11 is 0. The molecule has 0 radical (unpaired) electrons. The molecule has 2 aliphatic heterocycles. The highest BCUT2D eigenvalue weighted by Crippen LogP contribution is 2.30. The molecule has 0 aliphatic carbocycles. The first-order valence-corrected chi connectivity index (χ1v) is 7.07. The zero-order valence-electron chi connectivity index (χ0n) is 11.5. The van der Waals surface area contributed by atoms with Crippen LogP contribution in [0.3, 0.4) is 0 Å². The molecule has 3 heterocycles. The highest BCUT2D eigenvalue weighted by Gasteiger charge is 2.38. The van der Waals surface area contributed by atoms with E-state index in [1.165, 1.54) is 10.8 Å². The van der Waals surface area contributed by atoms with Gasteiger partial charge in [-0.2, -0.15) is 13.2 Å². The topological polar surface area (TPSA) is 50.2 Å². The predicted molar refractivity (Wildman–Crippen MR) is 68.2 cm³/mol. The van der Waals surface area contributed by atoms with E-state index in [4.69, 9.17) is 0 Å². The van der Waals surface area contributed by atoms with Crippen LogP contribution in [-0.4, -0.2) is 40.0 Å². The quantitative estimate of drug-likeness (QED) is 0.914. The molecule has 8 heteroatoms. The third-order valence-electron chi connectivity index (χ3n) is 4.17. The van der Waals surface area contributed by atoms with Crippen LogP contribution in [-0.2, 0) is 24.1 Å². The van der Waals surface area contributed by atoms with E-state index in [0.29, 0.717) is 25.3 Å². The van der Waals surface area contributed by atoms with Gasteiger partial charge >= 0.3 is 6.18 Å². The zero-order chi connectivity index (χ0) is 15.0. The number of alkyl halides is 3. The van der Waals surface area contributed by atoms with Crippen molar-refractivity contribution in [3.63, 3.8) is 0 Å². The summed E-state index contributed by atoms with van der Waals surface area (Å²) in [5.41, 5.74) is 0.587. The van der Waals surface area contributed by atoms with Crippen LogP contribution in [0.5, 0.6) is 0 Å². The summed E-state index contributed by atoms with van der Waals surface area (Å²) in [6.07, 6.45) is -1.49. The Kier molecular flexibility index (Phi) is 3.64. The lowest BCUT2D eigenvalue weighted by molar-refractivity contribution is -0.147. The summed E-state index contributed by atoms with van der Waals surface area (Å²) in [5.74, 6) is -0.675. The number of hydrogen-bond acceptors (Lipinski definition) is 3. The van der Waals surface area contributed by atoms with Gasteiger partial charge in [-0.3, -0.25) is 9.69 Å². The standard InChI is InChI=1S/C13H17F3N4O/c14-13(15,16)12-18-7-10-8-19(5-6-20(10)12)4-2-9-1-3-17-11(9)21/h7,9H,1-6,8H2,(H,17,21). The first-order valence-electron chi connectivity index (χ1n) is 7.07. The van der Waals surface area contributed by atoms with Crippen molar-refractivity contribution in [3.05, 3.63) is 17.7 Å². The molecular weight excluding hydrogens is 285 g/mol. The van der Waals surface area contributed by atoms with Gasteiger partial charge in [0.25, 0.3) is 0 Å². The van der Waals surface area contributed by atoms with Crippen molar-refractivity contribution in [2.24, 2.45) is 5.92 Å². The van der Waals surface area contributed by atoms with Crippen LogP contribution < -0.4 is 5.32 Å². The Bertz CT molecular complexity index is 540. The summed E-state index contributed by atoms with van der Waals surface area (Å²) in [6, 6.07) is 0. The van der Waals surface area contributed by atoms with Gasteiger partial charge in [0.2, 0.25) is 11.7 Å². The van der Waals surface area contributed by atoms with Crippen LogP contribution >= 0.6 is 0 Å². The summed E-state index contributed by atoms with van der Waals surface area (Å²) in [6.45, 7) is 2.76. The van der Waals surface area contributed by atoms with Gasteiger partial charge in [-0.05, 0) is 19.4 Å². The molecule has 1 aromatic heterocycles. The van der Waals surface area contributed by atoms with Crippen molar-refractivity contribution in [1.82, 2.24) is 19.8 Å². The molecule has 2 aliphatic rings. The predicted octanol–water partition coefficient (Wildman–Crippen LogP) is 1.24. The third-order valence-corrected chi connectivity index (χ3v) is 4.17. The van der Waals surface area contributed by atoms with E-state index in [2.05, 4.69) is 15.2 Å². The zero-order valence-corrected chi connectivity index (χ0v) is 11.5. The number of amides is 1. The van der Waals surface area contributed by atoms with E-state index >= 15 is 0 Å². The minimum absolute atomic E-state index is 0.0440. The molecule has 0 saturated carbocycles. The minimum Gasteiger partial charge on any atom is -0.356 e. The van der Waals surface area contributed by atoms with Crippen LogP contribution in [0.4, 0.5) is 13.2 Å². The first kappa shape index (κ1) is 14.4. The number of fused-ring (bicyclic) bond motifs is 1. The number of nitrogens with zero attached hydrogens (tertiary/aromatic N) is 3. The highest BCUT2D eigenvalue weighted by molar-refractivity contribution is 5.80. The van der Waals surface area contributed by atoms with Crippen molar-refractivity contribution < 1.29 is 18.0 Å². The molecule has 0 bridgehead atoms. The molecule has 0 aromatic carbocycles. The lowest BCUT2D eigenvalue weighted by Crippen LogP contribution is -2.36. The van der Waals surface area contributed by atoms with Crippen LogP contribution in [0.1, 0.15) is 24.4 Å². The molecule has 0 spiro atoms. The van der Waals surface area contributed by atoms with Gasteiger partial charge in [-0.1, -0.05) is 0 Å². The Balaban J connectivity index is 1.60. The van der Waals surface area contributed by atoms with Crippen molar-refractivity contribution >= 4 is 5.91 Å². The molecule has 116 valence electrons. The number of hydrogen-bond donors (Lipinski definition) is 1. The summed E-state index contributed by atoms with van der Waals surface area (Å²) in [5, 5.41) is 2.80. The number of nitrogens with one attached hydrogen (secondary N) is 1. The Labute approximate surface area is 120 Å². The SMILES string of the molecule is O=C1NCCC1CCN1CCn2c(cnc2C(F)(F)F)C1. The van der Waals surface area contributed by atoms with Crippen LogP contribution in [0.25, 0.3) is 0 Å². The molecule has 1 N–H and O–H groups in total. The number of rotatable bonds is 3. The Morgan fingerprint density at radius 3 is 2.86 bits per heavy atom. The van der Waals surface area contributed by atoms with Crippen molar-refractivity contribution in [3.8, 4) is 0 Å². The van der Waals surface area contributed by atoms with Crippen molar-refractivity contribution in [1.29, 1.82) is 0 Å². The maximum absolute atomic E-state index is 12.8. The molecule has 3 rings (SSSR count). The number of imidazole rings is 1. The van der Waals surface area contributed by atoms with E-state index in [1.807, 2.05) is 0 Å². The number of halogens is 3. The van der Waals surface area contributed by atoms with Crippen LogP contribution in [0.2, 0.25) is 0 Å². The molecule has 1 atom stereocenters. The molecule has 5 nitrogen and oxygen atoms in total. The van der Waals surface area contributed by atoms with E-state index in [-0.39, 0.29) is 11.8 Å². The van der Waals surface area contributed by atoms with Gasteiger partial charge in [0.15, 0.2) is 0 Å². The minimum atomic E-state index is -4.40. The Morgan fingerprint density at radius 2 is 2.19 bits per heavy atom. The third kappa shape index (κ3) is 2.90. The van der Waals surface area contributed by atoms with Crippen molar-refractivity contribution in [2.75, 3.05) is 19.6 Å². The maximum Gasteiger partial charge on any atom is 0.449 e. The molecule has 1 saturated heterocycles. The average molecular weight is 302 g/mol. The summed E-state index contributed by atoms with van der Waals surface area (Å²) in [7, 11) is 0. The largest absolute Gasteiger partial charge is 0.449 e. The molecule has 21 heavy (non-hydrogen) atoms. The lowest BCUT2D eigenvalue weighted by atomic mass is 10.0. The molecule has 1 aromatic rings. The number of aromatic nitrogens is 2. The second-order valence-corrected chi connectivity index (χ2v) is 5.56. The van der Waals surface area contributed by atoms with Gasteiger partial charge in [-0.25, -0.2) is 4.98 Å². The fraction of sp³-hybridized carbons (Fsp3) is 0.692. The van der Waals surface area contributed by atoms with Gasteiger partial charge in [-0.15, -0.1) is 0 Å². The molecule has 1 amide bonds. The van der Waals surface area contributed by atoms with E-state index in [1.54, 1.807) is 0 Å². The van der Waals surface area contributed by atoms with E-state index in [9.17, 15) is 18.0 Å². The summed E-state index contributed by atoms with van der Waals surface area (Å²) in [4.78, 5) is 17.1. The Hall–Kier alpha value is -1.57. The number of carbonyl (C=O) groups is 1. The first-order chi connectivity index (χ1) is 9.95. The normalized spacial score (nSPS) is 23.2. The molecule has 1 unspecified atom stereocenters. The fourth-order valence-electron chi connectivity index (χ4n) is 3.01. The van der Waals surface area contributed by atoms with E-state index in [0.717, 1.165) is 25.9 Å². The van der Waals surface area contributed by atoms with Crippen molar-refractivity contribution in [2.45, 2.75) is 32.1 Å². The summed E-state index contributed by atoms with van der Waals surface area (Å²) < 4.78 is 39.5. The molecular formula is C13H17F3N4O. The molecule has 1 fully saturated rings. The highest BCUT2D eigenvalue weighted by atomic mass is 19.4. The average Bonchev–Trinajstić information content (AvgIpc) is 3.01. The van der Waals surface area contributed by atoms with Gasteiger partial charge in [0, 0.05) is 32.1 Å². The Morgan fingerprint density at radius 1 is 1.38 bits per heavy atom. The monoisotopic (exact) mass is 302 g/mol. The second-order valence-electron chi connectivity index (χ2n) is 5.56. The van der Waals surface area contributed by atoms with Gasteiger partial charge in [0.05, 0.1) is 11.9 Å². The lowest BCUT2D eigenvalue weighted by Gasteiger charge is -2.29. The van der Waals surface area contributed by atoms with Crippen LogP contribution in [0, 0.1) is 5.92 Å². The maximum atomic E-state index is 12.8. The van der Waals surface area contributed by atoms with Crippen LogP contribution in [0.15, 0.2) is 6.20 Å². The van der Waals surface area contributed by atoms with E-state index < -0.39 is 12.0 Å². The second kappa shape index (κ2) is 5.32. The fourth-order valence-corrected chi connectivity index (χ4v) is 3.01. The number of carbonyl (C=O) groups excluding carboxylic acids is 1.